The highest BCUT2D eigenvalue weighted by Crippen LogP contribution is 2.34. The molecule has 0 fully saturated rings. The lowest BCUT2D eigenvalue weighted by atomic mass is 9.92. The van der Waals surface area contributed by atoms with Crippen LogP contribution in [0.2, 0.25) is 0 Å². The standard InChI is InChI=1S/C23H43NO4/c1-5-6-7-8-9-10-11-12-13-14-15-16-19-27-21-17-18-23(28-21,22(25)26)20(2)24(3)4/h17,20H,5-16,18-19H2,1-4H3,(H,25,26). The minimum Gasteiger partial charge on any atom is -0.478 e. The van der Waals surface area contributed by atoms with E-state index in [1.165, 1.54) is 64.2 Å². The second kappa shape index (κ2) is 13.9. The fraction of sp³-hybridized carbons (Fsp3) is 0.870. The number of carbonyl (C=O) groups is 1. The van der Waals surface area contributed by atoms with Crippen LogP contribution in [0.5, 0.6) is 0 Å². The average molecular weight is 398 g/mol. The van der Waals surface area contributed by atoms with Crippen molar-refractivity contribution in [1.82, 2.24) is 4.90 Å². The zero-order valence-corrected chi connectivity index (χ0v) is 18.7. The third-order valence-electron chi connectivity index (χ3n) is 5.91. The topological polar surface area (TPSA) is 59.0 Å². The maximum Gasteiger partial charge on any atom is 0.350 e. The lowest BCUT2D eigenvalue weighted by molar-refractivity contribution is -0.171. The van der Waals surface area contributed by atoms with Gasteiger partial charge in [0.05, 0.1) is 12.6 Å². The third kappa shape index (κ3) is 8.42. The molecule has 5 nitrogen and oxygen atoms in total. The van der Waals surface area contributed by atoms with Gasteiger partial charge < -0.3 is 19.5 Å². The third-order valence-corrected chi connectivity index (χ3v) is 5.91. The van der Waals surface area contributed by atoms with E-state index < -0.39 is 11.6 Å². The number of nitrogens with zero attached hydrogens (tertiary/aromatic N) is 1. The minimum absolute atomic E-state index is 0.242. The summed E-state index contributed by atoms with van der Waals surface area (Å²) in [6.45, 7) is 4.73. The number of carboxylic acids is 1. The molecule has 0 saturated heterocycles. The Kier molecular flexibility index (Phi) is 12.3. The molecule has 5 heteroatoms. The highest BCUT2D eigenvalue weighted by Gasteiger charge is 2.50. The van der Waals surface area contributed by atoms with Crippen LogP contribution in [-0.2, 0) is 14.3 Å². The maximum atomic E-state index is 11.8. The van der Waals surface area contributed by atoms with Crippen LogP contribution in [0.15, 0.2) is 12.0 Å². The fourth-order valence-corrected chi connectivity index (χ4v) is 3.68. The molecule has 164 valence electrons. The molecule has 2 unspecified atom stereocenters. The highest BCUT2D eigenvalue weighted by molar-refractivity contribution is 5.79. The van der Waals surface area contributed by atoms with E-state index in [1.54, 1.807) is 6.08 Å². The number of hydrogen-bond donors (Lipinski definition) is 1. The van der Waals surface area contributed by atoms with Crippen molar-refractivity contribution in [2.24, 2.45) is 0 Å². The molecule has 0 amide bonds. The molecule has 0 aromatic carbocycles. The van der Waals surface area contributed by atoms with Crippen LogP contribution in [0, 0.1) is 0 Å². The summed E-state index contributed by atoms with van der Waals surface area (Å²) >= 11 is 0. The second-order valence-corrected chi connectivity index (χ2v) is 8.40. The Bertz CT molecular complexity index is 464. The van der Waals surface area contributed by atoms with Crippen molar-refractivity contribution in [1.29, 1.82) is 0 Å². The molecule has 0 spiro atoms. The van der Waals surface area contributed by atoms with Crippen LogP contribution in [-0.4, -0.2) is 48.3 Å². The average Bonchev–Trinajstić information content (AvgIpc) is 3.10. The normalized spacial score (nSPS) is 20.1. The molecule has 0 radical (unpaired) electrons. The van der Waals surface area contributed by atoms with Gasteiger partial charge in [0.15, 0.2) is 0 Å². The minimum atomic E-state index is -1.24. The Hall–Kier alpha value is -1.23. The Morgan fingerprint density at radius 3 is 2.04 bits per heavy atom. The molecule has 1 aliphatic rings. The monoisotopic (exact) mass is 397 g/mol. The second-order valence-electron chi connectivity index (χ2n) is 8.40. The first-order valence-corrected chi connectivity index (χ1v) is 11.4. The van der Waals surface area contributed by atoms with E-state index in [9.17, 15) is 9.90 Å². The Morgan fingerprint density at radius 2 is 1.57 bits per heavy atom. The zero-order valence-electron chi connectivity index (χ0n) is 18.7. The van der Waals surface area contributed by atoms with Gasteiger partial charge in [-0.2, -0.15) is 0 Å². The lowest BCUT2D eigenvalue weighted by Gasteiger charge is -2.35. The summed E-state index contributed by atoms with van der Waals surface area (Å²) in [5.74, 6) is -0.562. The van der Waals surface area contributed by atoms with Gasteiger partial charge in [0.25, 0.3) is 5.95 Å². The first kappa shape index (κ1) is 24.8. The van der Waals surface area contributed by atoms with E-state index in [-0.39, 0.29) is 6.04 Å². The van der Waals surface area contributed by atoms with Crippen LogP contribution in [0.1, 0.15) is 97.3 Å². The van der Waals surface area contributed by atoms with Gasteiger partial charge >= 0.3 is 5.97 Å². The van der Waals surface area contributed by atoms with Gasteiger partial charge in [0, 0.05) is 12.5 Å². The van der Waals surface area contributed by atoms with Crippen molar-refractivity contribution in [3.8, 4) is 0 Å². The number of ether oxygens (including phenoxy) is 2. The summed E-state index contributed by atoms with van der Waals surface area (Å²) in [6, 6.07) is -0.242. The lowest BCUT2D eigenvalue weighted by Crippen LogP contribution is -2.54. The molecular weight excluding hydrogens is 354 g/mol. The molecule has 2 atom stereocenters. The van der Waals surface area contributed by atoms with Crippen LogP contribution in [0.3, 0.4) is 0 Å². The molecular formula is C23H43NO4. The van der Waals surface area contributed by atoms with Gasteiger partial charge in [-0.25, -0.2) is 4.79 Å². The number of hydrogen-bond acceptors (Lipinski definition) is 4. The molecule has 0 aliphatic carbocycles. The molecule has 1 N–H and O–H groups in total. The first-order valence-electron chi connectivity index (χ1n) is 11.4. The Labute approximate surface area is 172 Å². The summed E-state index contributed by atoms with van der Waals surface area (Å²) in [4.78, 5) is 13.6. The van der Waals surface area contributed by atoms with E-state index in [0.717, 1.165) is 12.8 Å². The SMILES string of the molecule is CCCCCCCCCCCCCCOC1=CCC(C(=O)O)(C(C)N(C)C)O1. The van der Waals surface area contributed by atoms with Crippen molar-refractivity contribution in [3.63, 3.8) is 0 Å². The van der Waals surface area contributed by atoms with Gasteiger partial charge in [-0.3, -0.25) is 0 Å². The highest BCUT2D eigenvalue weighted by atomic mass is 16.7. The van der Waals surface area contributed by atoms with Crippen LogP contribution in [0.4, 0.5) is 0 Å². The summed E-state index contributed by atoms with van der Waals surface area (Å²) in [5.41, 5.74) is -1.24. The molecule has 0 bridgehead atoms. The summed E-state index contributed by atoms with van der Waals surface area (Å²) < 4.78 is 11.4. The largest absolute Gasteiger partial charge is 0.478 e. The zero-order chi connectivity index (χ0) is 20.8. The fourth-order valence-electron chi connectivity index (χ4n) is 3.68. The molecule has 1 rings (SSSR count). The van der Waals surface area contributed by atoms with Crippen molar-refractivity contribution < 1.29 is 19.4 Å². The predicted octanol–water partition coefficient (Wildman–Crippen LogP) is 5.74. The maximum absolute atomic E-state index is 11.8. The smallest absolute Gasteiger partial charge is 0.350 e. The van der Waals surface area contributed by atoms with E-state index in [2.05, 4.69) is 6.92 Å². The molecule has 0 aromatic heterocycles. The van der Waals surface area contributed by atoms with Gasteiger partial charge in [-0.15, -0.1) is 0 Å². The molecule has 28 heavy (non-hydrogen) atoms. The summed E-state index contributed by atoms with van der Waals surface area (Å²) in [7, 11) is 3.73. The predicted molar refractivity (Wildman–Crippen MR) is 114 cm³/mol. The number of carboxylic acid groups (broad SMARTS) is 1. The molecule has 1 aliphatic heterocycles. The van der Waals surface area contributed by atoms with Crippen LogP contribution in [0.25, 0.3) is 0 Å². The molecule has 0 aromatic rings. The Morgan fingerprint density at radius 1 is 1.07 bits per heavy atom. The van der Waals surface area contributed by atoms with Gasteiger partial charge in [0.2, 0.25) is 5.60 Å². The van der Waals surface area contributed by atoms with Crippen molar-refractivity contribution in [2.45, 2.75) is 109 Å². The Balaban J connectivity index is 2.05. The molecule has 1 heterocycles. The van der Waals surface area contributed by atoms with Crippen molar-refractivity contribution in [3.05, 3.63) is 12.0 Å². The van der Waals surface area contributed by atoms with Crippen LogP contribution < -0.4 is 0 Å². The number of aliphatic carboxylic acids is 1. The van der Waals surface area contributed by atoms with E-state index in [1.807, 2.05) is 25.9 Å². The van der Waals surface area contributed by atoms with E-state index in [4.69, 9.17) is 9.47 Å². The number of likely N-dealkylation sites (N-methyl/N-ethyl adjacent to an activating group) is 1. The first-order chi connectivity index (χ1) is 13.4. The van der Waals surface area contributed by atoms with E-state index >= 15 is 0 Å². The number of rotatable bonds is 17. The van der Waals surface area contributed by atoms with Crippen LogP contribution >= 0.6 is 0 Å². The van der Waals surface area contributed by atoms with Crippen molar-refractivity contribution >= 4 is 5.97 Å². The number of unbranched alkanes of at least 4 members (excludes halogenated alkanes) is 11. The summed E-state index contributed by atoms with van der Waals surface area (Å²) in [6.07, 6.45) is 17.8. The quantitative estimate of drug-likeness (QED) is 0.317. The van der Waals surface area contributed by atoms with E-state index in [0.29, 0.717) is 19.0 Å². The van der Waals surface area contributed by atoms with Gasteiger partial charge in [-0.1, -0.05) is 77.6 Å². The van der Waals surface area contributed by atoms with Gasteiger partial charge in [0.1, 0.15) is 0 Å². The summed E-state index contributed by atoms with van der Waals surface area (Å²) in [5, 5.41) is 9.64. The van der Waals surface area contributed by atoms with Gasteiger partial charge in [-0.05, 0) is 27.4 Å². The van der Waals surface area contributed by atoms with Crippen molar-refractivity contribution in [2.75, 3.05) is 20.7 Å². The molecule has 0 saturated carbocycles.